The molecule has 1 heterocycles. The summed E-state index contributed by atoms with van der Waals surface area (Å²) in [6, 6.07) is 20.7. The van der Waals surface area contributed by atoms with Gasteiger partial charge in [-0.1, -0.05) is 114 Å². The number of thioether (sulfide) groups is 1. The molecule has 0 spiro atoms. The second-order valence-electron chi connectivity index (χ2n) is 15.0. The molecule has 1 saturated heterocycles. The van der Waals surface area contributed by atoms with Crippen LogP contribution < -0.4 is 10.6 Å². The van der Waals surface area contributed by atoms with Crippen LogP contribution in [0.2, 0.25) is 0 Å². The number of nitrogens with one attached hydrogen (secondary N) is 2. The van der Waals surface area contributed by atoms with E-state index in [-0.39, 0.29) is 48.4 Å². The van der Waals surface area contributed by atoms with E-state index in [2.05, 4.69) is 55.7 Å². The Morgan fingerprint density at radius 3 is 2.26 bits per heavy atom. The van der Waals surface area contributed by atoms with Gasteiger partial charge in [-0.05, 0) is 66.5 Å². The van der Waals surface area contributed by atoms with Gasteiger partial charge in [0.2, 0.25) is 11.8 Å². The first-order chi connectivity index (χ1) is 23.6. The van der Waals surface area contributed by atoms with Crippen molar-refractivity contribution in [2.75, 3.05) is 18.8 Å². The molecule has 0 saturated carbocycles. The lowest BCUT2D eigenvalue weighted by atomic mass is 9.94. The average Bonchev–Trinajstić information content (AvgIpc) is 3.05. The zero-order chi connectivity index (χ0) is 36.5. The molecular formula is C40H54F3N3O3S. The Kier molecular flexibility index (Phi) is 14.2. The van der Waals surface area contributed by atoms with E-state index < -0.39 is 36.3 Å². The van der Waals surface area contributed by atoms with E-state index in [0.717, 1.165) is 21.9 Å². The second-order valence-corrected chi connectivity index (χ2v) is 16.9. The number of fused-ring (bicyclic) bond motifs is 1. The second kappa shape index (κ2) is 17.9. The van der Waals surface area contributed by atoms with Crippen LogP contribution in [0.3, 0.4) is 0 Å². The number of benzene rings is 3. The minimum absolute atomic E-state index is 0.0198. The fraction of sp³-hybridized carbons (Fsp3) is 0.550. The van der Waals surface area contributed by atoms with Gasteiger partial charge >= 0.3 is 6.18 Å². The molecule has 5 atom stereocenters. The third-order valence-electron chi connectivity index (χ3n) is 9.35. The minimum atomic E-state index is -4.36. The molecule has 0 aromatic heterocycles. The maximum atomic E-state index is 14.1. The molecule has 1 aliphatic heterocycles. The van der Waals surface area contributed by atoms with Crippen LogP contribution in [0.1, 0.15) is 71.4 Å². The van der Waals surface area contributed by atoms with Gasteiger partial charge in [-0.15, -0.1) is 0 Å². The highest BCUT2D eigenvalue weighted by Gasteiger charge is 2.45. The van der Waals surface area contributed by atoms with Crippen molar-refractivity contribution in [3.05, 3.63) is 83.9 Å². The third-order valence-corrected chi connectivity index (χ3v) is 10.8. The summed E-state index contributed by atoms with van der Waals surface area (Å²) in [5.41, 5.74) is 2.00. The molecule has 0 radical (unpaired) electrons. The van der Waals surface area contributed by atoms with Gasteiger partial charge in [0.25, 0.3) is 0 Å². The Bertz CT molecular complexity index is 1520. The highest BCUT2D eigenvalue weighted by molar-refractivity contribution is 8.00. The largest absolute Gasteiger partial charge is 0.404 e. The smallest absolute Gasteiger partial charge is 0.392 e. The zero-order valence-corrected chi connectivity index (χ0v) is 30.8. The number of halogens is 3. The maximum absolute atomic E-state index is 14.1. The number of carbonyl (C=O) groups excluding carboxylic acids is 2. The van der Waals surface area contributed by atoms with Gasteiger partial charge in [0.15, 0.2) is 0 Å². The minimum Gasteiger partial charge on any atom is -0.392 e. The van der Waals surface area contributed by atoms with E-state index in [1.165, 1.54) is 4.90 Å². The van der Waals surface area contributed by atoms with E-state index in [4.69, 9.17) is 0 Å². The number of hydrogen-bond acceptors (Lipinski definition) is 5. The Labute approximate surface area is 300 Å². The van der Waals surface area contributed by atoms with E-state index >= 15 is 0 Å². The van der Waals surface area contributed by atoms with Gasteiger partial charge in [-0.25, -0.2) is 0 Å². The lowest BCUT2D eigenvalue weighted by molar-refractivity contribution is -0.194. The van der Waals surface area contributed by atoms with Gasteiger partial charge in [0.1, 0.15) is 12.1 Å². The molecule has 0 bridgehead atoms. The molecule has 4 rings (SSSR count). The predicted molar refractivity (Wildman–Crippen MR) is 198 cm³/mol. The summed E-state index contributed by atoms with van der Waals surface area (Å²) >= 11 is 1.71. The molecule has 10 heteroatoms. The molecule has 0 aliphatic carbocycles. The number of alkyl halides is 3. The van der Waals surface area contributed by atoms with E-state index in [1.807, 2.05) is 62.4 Å². The summed E-state index contributed by atoms with van der Waals surface area (Å²) < 4.78 is 41.2. The Morgan fingerprint density at radius 2 is 1.58 bits per heavy atom. The Hall–Kier alpha value is -3.08. The first-order valence-electron chi connectivity index (χ1n) is 17.8. The van der Waals surface area contributed by atoms with Gasteiger partial charge in [0.05, 0.1) is 12.0 Å². The molecule has 274 valence electrons. The van der Waals surface area contributed by atoms with Gasteiger partial charge in [-0.2, -0.15) is 24.9 Å². The molecule has 2 amide bonds. The molecular weight excluding hydrogens is 660 g/mol. The average molecular weight is 714 g/mol. The zero-order valence-electron chi connectivity index (χ0n) is 30.0. The molecule has 3 aromatic rings. The summed E-state index contributed by atoms with van der Waals surface area (Å²) in [6.07, 6.45) is -3.30. The van der Waals surface area contributed by atoms with Gasteiger partial charge in [0, 0.05) is 23.1 Å². The monoisotopic (exact) mass is 713 g/mol. The fourth-order valence-electron chi connectivity index (χ4n) is 6.76. The van der Waals surface area contributed by atoms with Crippen LogP contribution in [0.15, 0.2) is 72.8 Å². The summed E-state index contributed by atoms with van der Waals surface area (Å²) in [4.78, 5) is 29.4. The molecule has 3 unspecified atom stereocenters. The van der Waals surface area contributed by atoms with Crippen molar-refractivity contribution in [3.8, 4) is 0 Å². The number of likely N-dealkylation sites (tertiary alicyclic amines) is 1. The summed E-state index contributed by atoms with van der Waals surface area (Å²) in [5, 5.41) is 19.5. The number of hydrogen-bond donors (Lipinski definition) is 3. The molecule has 3 aromatic carbocycles. The normalized spacial score (nSPS) is 18.4. The number of β-amino-alcohol motifs (C(OH)–C–C–N with tert-alkyl or cyclic N) is 1. The van der Waals surface area contributed by atoms with Gasteiger partial charge in [-0.3, -0.25) is 14.5 Å². The Morgan fingerprint density at radius 1 is 0.900 bits per heavy atom. The first kappa shape index (κ1) is 39.7. The van der Waals surface area contributed by atoms with Crippen molar-refractivity contribution in [2.24, 2.45) is 11.8 Å². The summed E-state index contributed by atoms with van der Waals surface area (Å²) in [6.45, 7) is 10.2. The van der Waals surface area contributed by atoms with E-state index in [9.17, 15) is 27.9 Å². The first-order valence-corrected chi connectivity index (χ1v) is 18.8. The van der Waals surface area contributed by atoms with Crippen LogP contribution in [0, 0.1) is 11.8 Å². The van der Waals surface area contributed by atoms with Crippen molar-refractivity contribution >= 4 is 34.3 Å². The van der Waals surface area contributed by atoms with Crippen molar-refractivity contribution in [1.29, 1.82) is 0 Å². The van der Waals surface area contributed by atoms with Crippen LogP contribution in [-0.4, -0.2) is 75.8 Å². The molecule has 3 N–H and O–H groups in total. The van der Waals surface area contributed by atoms with Crippen LogP contribution in [0.5, 0.6) is 0 Å². The standard InChI is InChI=1S/C40H54F3N3O3S/c1-27(2)36(45-37(48)31(26-50-39(3,4)5)23-30-18-13-17-29-16-9-10-19-34(29)30)38(49)44-32(22-28-14-7-6-8-15-28)24-33(47)25-46-21-12-11-20-35(46)40(41,42)43/h6-10,13-19,27,31-33,35-36,47H,11-12,20-26H2,1-5H3,(H,44,49)(H,45,48)/t31-,32?,33?,35?,36+/m1/s1. The lowest BCUT2D eigenvalue weighted by Crippen LogP contribution is -2.55. The molecule has 6 nitrogen and oxygen atoms in total. The van der Waals surface area contributed by atoms with Crippen LogP contribution in [0.25, 0.3) is 10.8 Å². The quantitative estimate of drug-likeness (QED) is 0.152. The van der Waals surface area contributed by atoms with Crippen molar-refractivity contribution < 1.29 is 27.9 Å². The molecule has 50 heavy (non-hydrogen) atoms. The summed E-state index contributed by atoms with van der Waals surface area (Å²) in [7, 11) is 0. The number of carbonyl (C=O) groups is 2. The topological polar surface area (TPSA) is 81.7 Å². The van der Waals surface area contributed by atoms with Crippen molar-refractivity contribution in [3.63, 3.8) is 0 Å². The van der Waals surface area contributed by atoms with Crippen LogP contribution in [-0.2, 0) is 22.4 Å². The SMILES string of the molecule is CC(C)[C@H](NC(=O)[C@@H](CSC(C)(C)C)Cc1cccc2ccccc12)C(=O)NC(Cc1ccccc1)CC(O)CN1CCCCC1C(F)(F)F. The van der Waals surface area contributed by atoms with Gasteiger partial charge < -0.3 is 15.7 Å². The predicted octanol–water partition coefficient (Wildman–Crippen LogP) is 7.57. The van der Waals surface area contributed by atoms with E-state index in [0.29, 0.717) is 31.4 Å². The summed E-state index contributed by atoms with van der Waals surface area (Å²) in [5.74, 6) is -0.641. The number of nitrogens with zero attached hydrogens (tertiary/aromatic N) is 1. The highest BCUT2D eigenvalue weighted by atomic mass is 32.2. The van der Waals surface area contributed by atoms with Crippen LogP contribution >= 0.6 is 11.8 Å². The number of aliphatic hydroxyl groups excluding tert-OH is 1. The third kappa shape index (κ3) is 12.0. The number of rotatable bonds is 15. The van der Waals surface area contributed by atoms with Crippen LogP contribution in [0.4, 0.5) is 13.2 Å². The number of piperidine rings is 1. The van der Waals surface area contributed by atoms with Crippen molar-refractivity contribution in [1.82, 2.24) is 15.5 Å². The lowest BCUT2D eigenvalue weighted by Gasteiger charge is -2.38. The number of aliphatic hydroxyl groups is 1. The molecule has 1 fully saturated rings. The Balaban J connectivity index is 1.50. The van der Waals surface area contributed by atoms with E-state index in [1.54, 1.807) is 11.8 Å². The maximum Gasteiger partial charge on any atom is 0.404 e. The number of amides is 2. The fourth-order valence-corrected chi connectivity index (χ4v) is 7.73. The molecule has 1 aliphatic rings. The van der Waals surface area contributed by atoms with Crippen molar-refractivity contribution in [2.45, 2.75) is 108 Å². The highest BCUT2D eigenvalue weighted by Crippen LogP contribution is 2.32.